The van der Waals surface area contributed by atoms with Crippen molar-refractivity contribution >= 4 is 22.0 Å². The SMILES string of the molecule is COc1ccc(Br)c(C2(N=C=O)CC2)c1OC1CCCC1. The standard InChI is InChI=1S/C16H18BrNO3/c1-20-13-7-6-12(17)14(16(8-9-16)18-10-19)15(13)21-11-4-2-3-5-11/h6-7,11H,2-5,8-9H2,1H3. The summed E-state index contributed by atoms with van der Waals surface area (Å²) < 4.78 is 12.6. The van der Waals surface area contributed by atoms with Gasteiger partial charge in [-0.1, -0.05) is 15.9 Å². The fraction of sp³-hybridized carbons (Fsp3) is 0.562. The first-order chi connectivity index (χ1) is 10.2. The lowest BCUT2D eigenvalue weighted by atomic mass is 10.0. The molecular weight excluding hydrogens is 334 g/mol. The normalized spacial score (nSPS) is 19.9. The Morgan fingerprint density at radius 1 is 1.33 bits per heavy atom. The molecule has 4 nitrogen and oxygen atoms in total. The van der Waals surface area contributed by atoms with Crippen molar-refractivity contribution in [3.8, 4) is 11.5 Å². The van der Waals surface area contributed by atoms with E-state index in [1.807, 2.05) is 12.1 Å². The number of benzene rings is 1. The van der Waals surface area contributed by atoms with Crippen LogP contribution in [0.4, 0.5) is 0 Å². The largest absolute Gasteiger partial charge is 0.493 e. The van der Waals surface area contributed by atoms with Gasteiger partial charge in [0, 0.05) is 10.0 Å². The second-order valence-corrected chi connectivity index (χ2v) is 6.57. The minimum Gasteiger partial charge on any atom is -0.493 e. The van der Waals surface area contributed by atoms with Crippen LogP contribution in [0.2, 0.25) is 0 Å². The van der Waals surface area contributed by atoms with Crippen molar-refractivity contribution in [2.45, 2.75) is 50.2 Å². The Morgan fingerprint density at radius 2 is 2.05 bits per heavy atom. The van der Waals surface area contributed by atoms with Gasteiger partial charge in [0.25, 0.3) is 0 Å². The van der Waals surface area contributed by atoms with E-state index in [0.717, 1.165) is 41.5 Å². The Hall–Kier alpha value is -1.32. The lowest BCUT2D eigenvalue weighted by Gasteiger charge is -2.22. The summed E-state index contributed by atoms with van der Waals surface area (Å²) in [4.78, 5) is 14.8. The average Bonchev–Trinajstić information content (AvgIpc) is 3.05. The molecule has 0 spiro atoms. The van der Waals surface area contributed by atoms with Crippen LogP contribution in [0.3, 0.4) is 0 Å². The third kappa shape index (κ3) is 2.72. The van der Waals surface area contributed by atoms with Crippen LogP contribution in [0.5, 0.6) is 11.5 Å². The first-order valence-corrected chi connectivity index (χ1v) is 8.12. The lowest BCUT2D eigenvalue weighted by Crippen LogP contribution is -2.16. The highest BCUT2D eigenvalue weighted by Gasteiger charge is 2.49. The molecular formula is C16H18BrNO3. The fourth-order valence-electron chi connectivity index (χ4n) is 3.05. The van der Waals surface area contributed by atoms with Crippen molar-refractivity contribution in [1.82, 2.24) is 0 Å². The number of halogens is 1. The number of hydrogen-bond donors (Lipinski definition) is 0. The molecule has 2 aliphatic rings. The van der Waals surface area contributed by atoms with Gasteiger partial charge in [0.15, 0.2) is 11.5 Å². The molecule has 2 fully saturated rings. The molecule has 0 amide bonds. The number of nitrogens with zero attached hydrogens (tertiary/aromatic N) is 1. The highest BCUT2D eigenvalue weighted by molar-refractivity contribution is 9.10. The molecule has 2 aliphatic carbocycles. The molecule has 2 saturated carbocycles. The second-order valence-electron chi connectivity index (χ2n) is 5.71. The molecule has 0 bridgehead atoms. The fourth-order valence-corrected chi connectivity index (χ4v) is 3.73. The van der Waals surface area contributed by atoms with Crippen molar-refractivity contribution in [2.75, 3.05) is 7.11 Å². The molecule has 3 rings (SSSR count). The van der Waals surface area contributed by atoms with Gasteiger partial charge in [0.1, 0.15) is 5.54 Å². The first-order valence-electron chi connectivity index (χ1n) is 7.33. The maximum atomic E-state index is 10.8. The number of rotatable bonds is 5. The van der Waals surface area contributed by atoms with Crippen LogP contribution in [-0.2, 0) is 10.3 Å². The molecule has 0 N–H and O–H groups in total. The van der Waals surface area contributed by atoms with Gasteiger partial charge >= 0.3 is 0 Å². The van der Waals surface area contributed by atoms with E-state index < -0.39 is 5.54 Å². The highest BCUT2D eigenvalue weighted by atomic mass is 79.9. The van der Waals surface area contributed by atoms with E-state index in [9.17, 15) is 4.79 Å². The van der Waals surface area contributed by atoms with Crippen LogP contribution in [-0.4, -0.2) is 19.3 Å². The number of ether oxygens (including phenoxy) is 2. The minimum absolute atomic E-state index is 0.225. The predicted octanol–water partition coefficient (Wildman–Crippen LogP) is 4.10. The summed E-state index contributed by atoms with van der Waals surface area (Å²) in [5.41, 5.74) is 0.445. The van der Waals surface area contributed by atoms with Gasteiger partial charge in [-0.05, 0) is 50.7 Å². The molecule has 0 aliphatic heterocycles. The summed E-state index contributed by atoms with van der Waals surface area (Å²) in [7, 11) is 1.64. The smallest absolute Gasteiger partial charge is 0.235 e. The summed E-state index contributed by atoms with van der Waals surface area (Å²) in [6.45, 7) is 0. The van der Waals surface area contributed by atoms with E-state index in [1.165, 1.54) is 12.8 Å². The monoisotopic (exact) mass is 351 g/mol. The van der Waals surface area contributed by atoms with Crippen LogP contribution in [0.15, 0.2) is 21.6 Å². The molecule has 0 saturated heterocycles. The van der Waals surface area contributed by atoms with Gasteiger partial charge in [-0.15, -0.1) is 0 Å². The van der Waals surface area contributed by atoms with E-state index in [1.54, 1.807) is 13.2 Å². The average molecular weight is 352 g/mol. The second kappa shape index (κ2) is 5.82. The quantitative estimate of drug-likeness (QED) is 0.592. The van der Waals surface area contributed by atoms with Crippen LogP contribution in [0.25, 0.3) is 0 Å². The molecule has 0 unspecified atom stereocenters. The summed E-state index contributed by atoms with van der Waals surface area (Å²) in [6, 6.07) is 3.81. The van der Waals surface area contributed by atoms with Crippen LogP contribution < -0.4 is 9.47 Å². The van der Waals surface area contributed by atoms with Crippen LogP contribution in [0, 0.1) is 0 Å². The lowest BCUT2D eigenvalue weighted by molar-refractivity contribution is 0.197. The zero-order valence-electron chi connectivity index (χ0n) is 12.0. The summed E-state index contributed by atoms with van der Waals surface area (Å²) in [6.07, 6.45) is 8.16. The maximum absolute atomic E-state index is 10.8. The van der Waals surface area contributed by atoms with Crippen molar-refractivity contribution in [3.63, 3.8) is 0 Å². The van der Waals surface area contributed by atoms with E-state index in [0.29, 0.717) is 5.75 Å². The molecule has 0 atom stereocenters. The van der Waals surface area contributed by atoms with Gasteiger partial charge in [-0.3, -0.25) is 0 Å². The van der Waals surface area contributed by atoms with Crippen LogP contribution in [0.1, 0.15) is 44.1 Å². The van der Waals surface area contributed by atoms with Gasteiger partial charge in [0.2, 0.25) is 6.08 Å². The Bertz CT molecular complexity index is 585. The van der Waals surface area contributed by atoms with E-state index in [-0.39, 0.29) is 6.10 Å². The third-order valence-electron chi connectivity index (χ3n) is 4.33. The van der Waals surface area contributed by atoms with Gasteiger partial charge in [-0.2, -0.15) is 4.99 Å². The van der Waals surface area contributed by atoms with Gasteiger partial charge in [0.05, 0.1) is 13.2 Å². The number of carbonyl (C=O) groups excluding carboxylic acids is 1. The Balaban J connectivity index is 2.05. The zero-order valence-corrected chi connectivity index (χ0v) is 13.6. The van der Waals surface area contributed by atoms with Crippen molar-refractivity contribution < 1.29 is 14.3 Å². The molecule has 112 valence electrons. The maximum Gasteiger partial charge on any atom is 0.235 e. The first kappa shape index (κ1) is 14.6. The number of aliphatic imine (C=N–C) groups is 1. The molecule has 1 aromatic carbocycles. The highest BCUT2D eigenvalue weighted by Crippen LogP contribution is 2.57. The predicted molar refractivity (Wildman–Crippen MR) is 82.6 cm³/mol. The van der Waals surface area contributed by atoms with Gasteiger partial charge in [-0.25, -0.2) is 4.79 Å². The zero-order chi connectivity index (χ0) is 14.9. The van der Waals surface area contributed by atoms with Gasteiger partial charge < -0.3 is 9.47 Å². The number of hydrogen-bond acceptors (Lipinski definition) is 4. The minimum atomic E-state index is -0.483. The Kier molecular flexibility index (Phi) is 4.05. The van der Waals surface area contributed by atoms with E-state index >= 15 is 0 Å². The van der Waals surface area contributed by atoms with Crippen molar-refractivity contribution in [2.24, 2.45) is 4.99 Å². The molecule has 21 heavy (non-hydrogen) atoms. The molecule has 0 aromatic heterocycles. The van der Waals surface area contributed by atoms with Crippen molar-refractivity contribution in [1.29, 1.82) is 0 Å². The number of methoxy groups -OCH3 is 1. The summed E-state index contributed by atoms with van der Waals surface area (Å²) >= 11 is 3.58. The topological polar surface area (TPSA) is 47.9 Å². The molecule has 1 aromatic rings. The third-order valence-corrected chi connectivity index (χ3v) is 4.99. The summed E-state index contributed by atoms with van der Waals surface area (Å²) in [5, 5.41) is 0. The number of isocyanates is 1. The molecule has 0 radical (unpaired) electrons. The van der Waals surface area contributed by atoms with Crippen LogP contribution >= 0.6 is 15.9 Å². The van der Waals surface area contributed by atoms with Crippen molar-refractivity contribution in [3.05, 3.63) is 22.2 Å². The van der Waals surface area contributed by atoms with E-state index in [2.05, 4.69) is 20.9 Å². The molecule has 5 heteroatoms. The summed E-state index contributed by atoms with van der Waals surface area (Å²) in [5.74, 6) is 1.43. The Labute approximate surface area is 132 Å². The van der Waals surface area contributed by atoms with E-state index in [4.69, 9.17) is 9.47 Å². The Morgan fingerprint density at radius 3 is 2.62 bits per heavy atom. The molecule has 0 heterocycles.